The number of hydrogen-bond donors (Lipinski definition) is 1. The molecule has 3 heterocycles. The normalized spacial score (nSPS) is 16.2. The van der Waals surface area contributed by atoms with Crippen molar-refractivity contribution in [3.8, 4) is 17.2 Å². The molecule has 43 heavy (non-hydrogen) atoms. The summed E-state index contributed by atoms with van der Waals surface area (Å²) in [6.07, 6.45) is 1.81. The van der Waals surface area contributed by atoms with Crippen LogP contribution in [0.1, 0.15) is 50.7 Å². The molecule has 0 bridgehead atoms. The van der Waals surface area contributed by atoms with Gasteiger partial charge in [-0.25, -0.2) is 4.79 Å². The molecule has 0 saturated carbocycles. The highest BCUT2D eigenvalue weighted by Gasteiger charge is 2.42. The van der Waals surface area contributed by atoms with E-state index < -0.39 is 0 Å². The Bertz CT molecular complexity index is 1780. The lowest BCUT2D eigenvalue weighted by Crippen LogP contribution is -2.29. The van der Waals surface area contributed by atoms with Gasteiger partial charge in [-0.3, -0.25) is 4.98 Å². The number of benzene rings is 3. The first-order valence-corrected chi connectivity index (χ1v) is 14.5. The Morgan fingerprint density at radius 1 is 0.884 bits per heavy atom. The molecule has 1 fully saturated rings. The van der Waals surface area contributed by atoms with Gasteiger partial charge in [-0.15, -0.1) is 0 Å². The fraction of sp³-hybridized carbons (Fsp3) is 0.171. The van der Waals surface area contributed by atoms with Gasteiger partial charge in [0.15, 0.2) is 5.11 Å². The smallest absolute Gasteiger partial charge is 0.337 e. The third-order valence-electron chi connectivity index (χ3n) is 7.87. The van der Waals surface area contributed by atoms with E-state index in [1.165, 1.54) is 7.11 Å². The molecule has 0 unspecified atom stereocenters. The van der Waals surface area contributed by atoms with Crippen LogP contribution in [0.4, 0.5) is 5.69 Å². The van der Waals surface area contributed by atoms with Gasteiger partial charge in [0, 0.05) is 29.0 Å². The van der Waals surface area contributed by atoms with Gasteiger partial charge >= 0.3 is 5.97 Å². The number of carbonyl (C=O) groups is 1. The molecule has 0 amide bonds. The van der Waals surface area contributed by atoms with Crippen LogP contribution in [0.15, 0.2) is 103 Å². The molecule has 0 aliphatic carbocycles. The minimum atomic E-state index is -0.358. The van der Waals surface area contributed by atoms with E-state index in [1.54, 1.807) is 12.1 Å². The van der Waals surface area contributed by atoms with Crippen molar-refractivity contribution >= 4 is 29.0 Å². The maximum absolute atomic E-state index is 12.0. The predicted molar refractivity (Wildman–Crippen MR) is 172 cm³/mol. The molecule has 6 rings (SSSR count). The molecule has 3 aromatic carbocycles. The van der Waals surface area contributed by atoms with Crippen molar-refractivity contribution in [3.63, 3.8) is 0 Å². The molecule has 7 nitrogen and oxygen atoms in total. The van der Waals surface area contributed by atoms with Crippen LogP contribution in [-0.2, 0) is 4.74 Å². The average Bonchev–Trinajstić information content (AvgIpc) is 3.53. The van der Waals surface area contributed by atoms with Gasteiger partial charge in [-0.2, -0.15) is 0 Å². The summed E-state index contributed by atoms with van der Waals surface area (Å²) in [4.78, 5) is 18.9. The fourth-order valence-electron chi connectivity index (χ4n) is 5.77. The molecular weight excluding hydrogens is 556 g/mol. The number of anilines is 1. The first kappa shape index (κ1) is 28.2. The molecule has 2 atom stereocenters. The van der Waals surface area contributed by atoms with Crippen molar-refractivity contribution in [3.05, 3.63) is 137 Å². The van der Waals surface area contributed by atoms with E-state index in [9.17, 15) is 4.79 Å². The largest absolute Gasteiger partial charge is 0.465 e. The van der Waals surface area contributed by atoms with Gasteiger partial charge in [-0.1, -0.05) is 24.3 Å². The standard InChI is InChI=1S/C35H32N4O3S/c1-22-9-5-6-11-31(22)42-28-18-16-27(17-19-28)39-33(32(37-35(39)43)30-10-7-8-20-36-30)29-21-23(2)38(24(29)3)26-14-12-25(13-15-26)34(40)41-4/h5-21,32-33H,1-4H3,(H,37,43)/t32-,33-/m0/s1. The highest BCUT2D eigenvalue weighted by molar-refractivity contribution is 7.80. The maximum atomic E-state index is 12.0. The third-order valence-corrected chi connectivity index (χ3v) is 8.18. The molecule has 0 radical (unpaired) electrons. The van der Waals surface area contributed by atoms with Crippen LogP contribution in [0.5, 0.6) is 11.5 Å². The zero-order valence-electron chi connectivity index (χ0n) is 24.4. The lowest BCUT2D eigenvalue weighted by atomic mass is 9.96. The quantitative estimate of drug-likeness (QED) is 0.155. The molecule has 1 saturated heterocycles. The first-order valence-electron chi connectivity index (χ1n) is 14.1. The van der Waals surface area contributed by atoms with Crippen molar-refractivity contribution in [2.24, 2.45) is 0 Å². The van der Waals surface area contributed by atoms with Crippen LogP contribution in [0.25, 0.3) is 5.69 Å². The molecule has 1 aliphatic rings. The second-order valence-electron chi connectivity index (χ2n) is 10.6. The van der Waals surface area contributed by atoms with E-state index in [4.69, 9.17) is 26.7 Å². The highest BCUT2D eigenvalue weighted by atomic mass is 32.1. The summed E-state index contributed by atoms with van der Waals surface area (Å²) in [7, 11) is 1.39. The number of ether oxygens (including phenoxy) is 2. The number of aromatic nitrogens is 2. The lowest BCUT2D eigenvalue weighted by molar-refractivity contribution is 0.0600. The van der Waals surface area contributed by atoms with E-state index >= 15 is 0 Å². The van der Waals surface area contributed by atoms with E-state index in [0.717, 1.165) is 51.1 Å². The number of pyridine rings is 1. The molecular formula is C35H32N4O3S. The SMILES string of the molecule is COC(=O)c1ccc(-n2c(C)cc([C@H]3[C@H](c4ccccn4)NC(=S)N3c3ccc(Oc4ccccc4C)cc3)c2C)cc1. The van der Waals surface area contributed by atoms with Gasteiger partial charge in [0.05, 0.1) is 30.5 Å². The molecule has 2 aromatic heterocycles. The Morgan fingerprint density at radius 3 is 2.26 bits per heavy atom. The molecule has 1 aliphatic heterocycles. The third kappa shape index (κ3) is 5.37. The summed E-state index contributed by atoms with van der Waals surface area (Å²) in [5.74, 6) is 1.22. The second kappa shape index (κ2) is 11.7. The van der Waals surface area contributed by atoms with Crippen molar-refractivity contribution in [2.45, 2.75) is 32.9 Å². The van der Waals surface area contributed by atoms with Crippen molar-refractivity contribution < 1.29 is 14.3 Å². The van der Waals surface area contributed by atoms with Crippen LogP contribution < -0.4 is 15.0 Å². The number of hydrogen-bond acceptors (Lipinski definition) is 5. The van der Waals surface area contributed by atoms with Crippen molar-refractivity contribution in [2.75, 3.05) is 12.0 Å². The summed E-state index contributed by atoms with van der Waals surface area (Å²) in [5, 5.41) is 4.18. The number of methoxy groups -OCH3 is 1. The van der Waals surface area contributed by atoms with Crippen LogP contribution in [0, 0.1) is 20.8 Å². The number of nitrogens with zero attached hydrogens (tertiary/aromatic N) is 3. The molecule has 0 spiro atoms. The summed E-state index contributed by atoms with van der Waals surface area (Å²) in [5.41, 5.74) is 7.66. The van der Waals surface area contributed by atoms with E-state index in [0.29, 0.717) is 10.7 Å². The van der Waals surface area contributed by atoms with Crippen LogP contribution in [-0.4, -0.2) is 27.7 Å². The number of carbonyl (C=O) groups excluding carboxylic acids is 1. The summed E-state index contributed by atoms with van der Waals surface area (Å²) >= 11 is 5.96. The first-order chi connectivity index (χ1) is 20.9. The van der Waals surface area contributed by atoms with Crippen LogP contribution in [0.3, 0.4) is 0 Å². The Labute approximate surface area is 256 Å². The Morgan fingerprint density at radius 2 is 1.58 bits per heavy atom. The van der Waals surface area contributed by atoms with Gasteiger partial charge < -0.3 is 24.3 Å². The minimum absolute atomic E-state index is 0.167. The topological polar surface area (TPSA) is 68.6 Å². The number of thiocarbonyl (C=S) groups is 1. The summed E-state index contributed by atoms with van der Waals surface area (Å²) < 4.78 is 13.2. The van der Waals surface area contributed by atoms with Gasteiger partial charge in [0.2, 0.25) is 0 Å². The van der Waals surface area contributed by atoms with E-state index in [1.807, 2.05) is 92.0 Å². The number of esters is 1. The van der Waals surface area contributed by atoms with Crippen LogP contribution in [0.2, 0.25) is 0 Å². The summed E-state index contributed by atoms with van der Waals surface area (Å²) in [6, 6.07) is 31.3. The minimum Gasteiger partial charge on any atom is -0.465 e. The number of aryl methyl sites for hydroxylation is 2. The Kier molecular flexibility index (Phi) is 7.69. The van der Waals surface area contributed by atoms with E-state index in [-0.39, 0.29) is 18.1 Å². The molecule has 1 N–H and O–H groups in total. The summed E-state index contributed by atoms with van der Waals surface area (Å²) in [6.45, 7) is 6.23. The van der Waals surface area contributed by atoms with Gasteiger partial charge in [0.1, 0.15) is 11.5 Å². The van der Waals surface area contributed by atoms with E-state index in [2.05, 4.69) is 34.7 Å². The number of rotatable bonds is 7. The Balaban J connectivity index is 1.39. The number of para-hydroxylation sites is 1. The van der Waals surface area contributed by atoms with Crippen molar-refractivity contribution in [1.82, 2.24) is 14.9 Å². The Hall–Kier alpha value is -4.95. The van der Waals surface area contributed by atoms with Crippen molar-refractivity contribution in [1.29, 1.82) is 0 Å². The zero-order chi connectivity index (χ0) is 30.1. The number of nitrogens with one attached hydrogen (secondary N) is 1. The molecule has 216 valence electrons. The molecule has 5 aromatic rings. The van der Waals surface area contributed by atoms with Gasteiger partial charge in [0.25, 0.3) is 0 Å². The highest BCUT2D eigenvalue weighted by Crippen LogP contribution is 2.44. The zero-order valence-corrected chi connectivity index (χ0v) is 25.3. The van der Waals surface area contributed by atoms with Crippen LogP contribution >= 0.6 is 12.2 Å². The van der Waals surface area contributed by atoms with Gasteiger partial charge in [-0.05, 0) is 117 Å². The monoisotopic (exact) mass is 588 g/mol. The second-order valence-corrected chi connectivity index (χ2v) is 10.9. The fourth-order valence-corrected chi connectivity index (χ4v) is 6.12. The average molecular weight is 589 g/mol. The lowest BCUT2D eigenvalue weighted by Gasteiger charge is -2.28. The molecule has 8 heteroatoms. The maximum Gasteiger partial charge on any atom is 0.337 e. The predicted octanol–water partition coefficient (Wildman–Crippen LogP) is 7.55.